The van der Waals surface area contributed by atoms with Gasteiger partial charge in [-0.25, -0.2) is 4.79 Å². The highest BCUT2D eigenvalue weighted by atomic mass is 16.4. The zero-order valence-corrected chi connectivity index (χ0v) is 7.57. The Morgan fingerprint density at radius 1 is 1.31 bits per heavy atom. The maximum atomic E-state index is 10.5. The van der Waals surface area contributed by atoms with Crippen LogP contribution in [0.5, 0.6) is 0 Å². The highest BCUT2D eigenvalue weighted by Crippen LogP contribution is 2.26. The summed E-state index contributed by atoms with van der Waals surface area (Å²) in [4.78, 5) is 10.5. The second-order valence-corrected chi connectivity index (χ2v) is 3.56. The molecule has 1 aliphatic carbocycles. The van der Waals surface area contributed by atoms with E-state index in [0.717, 1.165) is 12.8 Å². The molecule has 2 N–H and O–H groups in total. The molecule has 74 valence electrons. The van der Waals surface area contributed by atoms with Gasteiger partial charge in [-0.2, -0.15) is 0 Å². The van der Waals surface area contributed by atoms with Gasteiger partial charge in [-0.05, 0) is 5.92 Å². The van der Waals surface area contributed by atoms with E-state index in [0.29, 0.717) is 12.3 Å². The van der Waals surface area contributed by atoms with Gasteiger partial charge in [0.05, 0.1) is 0 Å². The number of nitrogens with zero attached hydrogens (tertiary/aromatic N) is 1. The van der Waals surface area contributed by atoms with E-state index in [1.165, 1.54) is 19.3 Å². The first kappa shape index (κ1) is 10.0. The van der Waals surface area contributed by atoms with Crippen molar-refractivity contribution in [1.29, 1.82) is 0 Å². The molecule has 0 aromatic heterocycles. The van der Waals surface area contributed by atoms with Gasteiger partial charge in [0.2, 0.25) is 0 Å². The zero-order valence-electron chi connectivity index (χ0n) is 7.57. The van der Waals surface area contributed by atoms with Crippen molar-refractivity contribution in [2.24, 2.45) is 11.1 Å². The lowest BCUT2D eigenvalue weighted by atomic mass is 9.86. The smallest absolute Gasteiger partial charge is 0.353 e. The molecular formula is C9H15NO3. The number of carboxylic acid groups (broad SMARTS) is 1. The summed E-state index contributed by atoms with van der Waals surface area (Å²) in [5.41, 5.74) is -0.105. The number of carboxylic acids is 1. The standard InChI is InChI=1S/C9H15NO3/c11-9(12)8(10-13)6-7-4-2-1-3-5-7/h7,13H,1-6H2,(H,11,12). The maximum Gasteiger partial charge on any atom is 0.353 e. The third-order valence-corrected chi connectivity index (χ3v) is 2.57. The molecule has 1 fully saturated rings. The van der Waals surface area contributed by atoms with Crippen LogP contribution in [0, 0.1) is 5.92 Å². The van der Waals surface area contributed by atoms with Crippen LogP contribution in [0.1, 0.15) is 38.5 Å². The van der Waals surface area contributed by atoms with E-state index in [1.54, 1.807) is 0 Å². The van der Waals surface area contributed by atoms with Gasteiger partial charge in [0.1, 0.15) is 0 Å². The van der Waals surface area contributed by atoms with Crippen LogP contribution in [-0.4, -0.2) is 22.0 Å². The minimum Gasteiger partial charge on any atom is -0.477 e. The van der Waals surface area contributed by atoms with Crippen molar-refractivity contribution >= 4 is 11.7 Å². The zero-order chi connectivity index (χ0) is 9.68. The van der Waals surface area contributed by atoms with Gasteiger partial charge in [-0.1, -0.05) is 37.3 Å². The van der Waals surface area contributed by atoms with Gasteiger partial charge in [0.25, 0.3) is 0 Å². The van der Waals surface area contributed by atoms with E-state index in [-0.39, 0.29) is 5.71 Å². The average Bonchev–Trinajstić information content (AvgIpc) is 2.15. The fourth-order valence-electron chi connectivity index (χ4n) is 1.84. The van der Waals surface area contributed by atoms with Crippen molar-refractivity contribution in [3.63, 3.8) is 0 Å². The molecule has 1 aliphatic rings. The Bertz CT molecular complexity index is 207. The van der Waals surface area contributed by atoms with Gasteiger partial charge in [0, 0.05) is 6.42 Å². The maximum absolute atomic E-state index is 10.5. The second kappa shape index (κ2) is 4.84. The first-order valence-corrected chi connectivity index (χ1v) is 4.68. The average molecular weight is 185 g/mol. The summed E-state index contributed by atoms with van der Waals surface area (Å²) < 4.78 is 0. The molecule has 0 atom stereocenters. The van der Waals surface area contributed by atoms with Crippen LogP contribution in [0.4, 0.5) is 0 Å². The van der Waals surface area contributed by atoms with Gasteiger partial charge in [-0.15, -0.1) is 0 Å². The molecule has 0 bridgehead atoms. The number of hydrogen-bond donors (Lipinski definition) is 2. The molecule has 0 aromatic carbocycles. The predicted octanol–water partition coefficient (Wildman–Crippen LogP) is 1.87. The molecule has 0 heterocycles. The number of aliphatic carboxylic acids is 1. The molecule has 4 nitrogen and oxygen atoms in total. The quantitative estimate of drug-likeness (QED) is 0.400. The number of hydrogen-bond acceptors (Lipinski definition) is 3. The van der Waals surface area contributed by atoms with Gasteiger partial charge in [-0.3, -0.25) is 0 Å². The van der Waals surface area contributed by atoms with E-state index >= 15 is 0 Å². The third-order valence-electron chi connectivity index (χ3n) is 2.57. The minimum atomic E-state index is -1.10. The fourth-order valence-corrected chi connectivity index (χ4v) is 1.84. The molecule has 0 amide bonds. The fraction of sp³-hybridized carbons (Fsp3) is 0.778. The van der Waals surface area contributed by atoms with Crippen LogP contribution < -0.4 is 0 Å². The van der Waals surface area contributed by atoms with E-state index < -0.39 is 5.97 Å². The van der Waals surface area contributed by atoms with Crippen molar-refractivity contribution in [2.45, 2.75) is 38.5 Å². The Kier molecular flexibility index (Phi) is 3.73. The van der Waals surface area contributed by atoms with Gasteiger partial charge < -0.3 is 10.3 Å². The molecule has 1 rings (SSSR count). The molecule has 0 aliphatic heterocycles. The lowest BCUT2D eigenvalue weighted by Gasteiger charge is -2.20. The van der Waals surface area contributed by atoms with Gasteiger partial charge >= 0.3 is 5.97 Å². The summed E-state index contributed by atoms with van der Waals surface area (Å²) in [6.07, 6.45) is 6.12. The highest BCUT2D eigenvalue weighted by Gasteiger charge is 2.19. The van der Waals surface area contributed by atoms with Crippen molar-refractivity contribution in [3.8, 4) is 0 Å². The lowest BCUT2D eigenvalue weighted by Crippen LogP contribution is -2.19. The summed E-state index contributed by atoms with van der Waals surface area (Å²) in [6.45, 7) is 0. The second-order valence-electron chi connectivity index (χ2n) is 3.56. The van der Waals surface area contributed by atoms with Crippen LogP contribution in [0.25, 0.3) is 0 Å². The Morgan fingerprint density at radius 2 is 1.92 bits per heavy atom. The third kappa shape index (κ3) is 3.05. The van der Waals surface area contributed by atoms with Crippen molar-refractivity contribution < 1.29 is 15.1 Å². The van der Waals surface area contributed by atoms with Crippen LogP contribution in [0.15, 0.2) is 5.16 Å². The van der Waals surface area contributed by atoms with E-state index in [4.69, 9.17) is 10.3 Å². The number of rotatable bonds is 3. The number of carbonyl (C=O) groups is 1. The van der Waals surface area contributed by atoms with E-state index in [2.05, 4.69) is 5.16 Å². The Labute approximate surface area is 77.3 Å². The molecule has 0 saturated heterocycles. The largest absolute Gasteiger partial charge is 0.477 e. The first-order valence-electron chi connectivity index (χ1n) is 4.68. The van der Waals surface area contributed by atoms with E-state index in [1.807, 2.05) is 0 Å². The Hall–Kier alpha value is -1.06. The molecule has 0 radical (unpaired) electrons. The summed E-state index contributed by atoms with van der Waals surface area (Å²) in [5.74, 6) is -0.705. The van der Waals surface area contributed by atoms with E-state index in [9.17, 15) is 4.79 Å². The lowest BCUT2D eigenvalue weighted by molar-refractivity contribution is -0.129. The van der Waals surface area contributed by atoms with Crippen LogP contribution in [0.2, 0.25) is 0 Å². The molecule has 0 spiro atoms. The highest BCUT2D eigenvalue weighted by molar-refractivity contribution is 6.35. The van der Waals surface area contributed by atoms with Gasteiger partial charge in [0.15, 0.2) is 5.71 Å². The van der Waals surface area contributed by atoms with Crippen molar-refractivity contribution in [3.05, 3.63) is 0 Å². The molecular weight excluding hydrogens is 170 g/mol. The summed E-state index contributed by atoms with van der Waals surface area (Å²) in [6, 6.07) is 0. The number of oxime groups is 1. The Morgan fingerprint density at radius 3 is 2.38 bits per heavy atom. The Balaban J connectivity index is 2.41. The summed E-state index contributed by atoms with van der Waals surface area (Å²) in [7, 11) is 0. The normalized spacial score (nSPS) is 20.2. The molecule has 4 heteroatoms. The first-order chi connectivity index (χ1) is 6.24. The van der Waals surface area contributed by atoms with Crippen LogP contribution in [-0.2, 0) is 4.79 Å². The minimum absolute atomic E-state index is 0.105. The molecule has 1 saturated carbocycles. The topological polar surface area (TPSA) is 69.9 Å². The van der Waals surface area contributed by atoms with Crippen molar-refractivity contribution in [1.82, 2.24) is 0 Å². The summed E-state index contributed by atoms with van der Waals surface area (Å²) in [5, 5.41) is 19.8. The monoisotopic (exact) mass is 185 g/mol. The molecule has 13 heavy (non-hydrogen) atoms. The predicted molar refractivity (Wildman–Crippen MR) is 48.0 cm³/mol. The van der Waals surface area contributed by atoms with Crippen LogP contribution in [0.3, 0.4) is 0 Å². The van der Waals surface area contributed by atoms with Crippen molar-refractivity contribution in [2.75, 3.05) is 0 Å². The molecule has 0 unspecified atom stereocenters. The summed E-state index contributed by atoms with van der Waals surface area (Å²) >= 11 is 0. The molecule has 0 aromatic rings. The SMILES string of the molecule is O=C(O)C(CC1CCCCC1)=NO. The van der Waals surface area contributed by atoms with Crippen LogP contribution >= 0.6 is 0 Å².